The minimum absolute atomic E-state index is 0.0696. The van der Waals surface area contributed by atoms with E-state index in [1.54, 1.807) is 47.6 Å². The number of methoxy groups -OCH3 is 1. The van der Waals surface area contributed by atoms with E-state index in [1.165, 1.54) is 4.90 Å². The first kappa shape index (κ1) is 25.0. The summed E-state index contributed by atoms with van der Waals surface area (Å²) in [6.45, 7) is 3.59. The zero-order valence-electron chi connectivity index (χ0n) is 19.7. The molecule has 2 amide bonds. The molecule has 4 rings (SSSR count). The zero-order chi connectivity index (χ0) is 24.8. The van der Waals surface area contributed by atoms with Gasteiger partial charge in [0.15, 0.2) is 11.5 Å². The molecule has 0 fully saturated rings. The van der Waals surface area contributed by atoms with Gasteiger partial charge in [-0.05, 0) is 65.9 Å². The lowest BCUT2D eigenvalue weighted by Gasteiger charge is -2.28. The van der Waals surface area contributed by atoms with Crippen LogP contribution >= 0.6 is 22.9 Å². The molecule has 0 radical (unpaired) electrons. The van der Waals surface area contributed by atoms with E-state index in [1.807, 2.05) is 36.6 Å². The fraction of sp³-hybridized carbons (Fsp3) is 0.308. The third-order valence-corrected chi connectivity index (χ3v) is 7.00. The fourth-order valence-corrected chi connectivity index (χ4v) is 4.77. The third kappa shape index (κ3) is 6.33. The second kappa shape index (κ2) is 11.6. The van der Waals surface area contributed by atoms with Crippen LogP contribution in [-0.2, 0) is 22.6 Å². The number of carbonyl (C=O) groups is 2. The van der Waals surface area contributed by atoms with Crippen LogP contribution in [0.4, 0.5) is 0 Å². The van der Waals surface area contributed by atoms with Gasteiger partial charge >= 0.3 is 0 Å². The molecule has 35 heavy (non-hydrogen) atoms. The van der Waals surface area contributed by atoms with Gasteiger partial charge in [-0.15, -0.1) is 11.3 Å². The number of aryl methyl sites for hydroxylation is 1. The van der Waals surface area contributed by atoms with Crippen LogP contribution in [0.5, 0.6) is 11.5 Å². The predicted octanol–water partition coefficient (Wildman–Crippen LogP) is 4.76. The molecule has 2 aromatic carbocycles. The Bertz CT molecular complexity index is 1180. The van der Waals surface area contributed by atoms with Gasteiger partial charge in [0.2, 0.25) is 12.7 Å². The van der Waals surface area contributed by atoms with Gasteiger partial charge in [-0.1, -0.05) is 17.7 Å². The predicted molar refractivity (Wildman–Crippen MR) is 135 cm³/mol. The molecular weight excluding hydrogens is 488 g/mol. The molecular formula is C26H27ClN2O5S. The molecule has 0 bridgehead atoms. The van der Waals surface area contributed by atoms with Gasteiger partial charge in [0.25, 0.3) is 5.91 Å². The molecule has 1 aromatic heterocycles. The van der Waals surface area contributed by atoms with E-state index in [0.717, 1.165) is 16.0 Å². The quantitative estimate of drug-likeness (QED) is 0.390. The smallest absolute Gasteiger partial charge is 0.254 e. The number of halogens is 1. The second-order valence-corrected chi connectivity index (χ2v) is 9.63. The Morgan fingerprint density at radius 2 is 1.80 bits per heavy atom. The third-order valence-electron chi connectivity index (χ3n) is 5.74. The second-order valence-electron chi connectivity index (χ2n) is 8.19. The molecule has 0 saturated heterocycles. The summed E-state index contributed by atoms with van der Waals surface area (Å²) < 4.78 is 16.1. The summed E-state index contributed by atoms with van der Waals surface area (Å²) in [6.07, 6.45) is 0. The lowest BCUT2D eigenvalue weighted by Crippen LogP contribution is -2.43. The topological polar surface area (TPSA) is 68.3 Å². The first-order valence-corrected chi connectivity index (χ1v) is 12.4. The maximum atomic E-state index is 13.6. The van der Waals surface area contributed by atoms with Gasteiger partial charge in [0.05, 0.1) is 13.2 Å². The number of benzene rings is 2. The molecule has 184 valence electrons. The van der Waals surface area contributed by atoms with Crippen molar-refractivity contribution in [3.05, 3.63) is 80.5 Å². The Labute approximate surface area is 213 Å². The summed E-state index contributed by atoms with van der Waals surface area (Å²) in [5, 5.41) is 2.56. The van der Waals surface area contributed by atoms with E-state index in [0.29, 0.717) is 48.3 Å². The maximum absolute atomic E-state index is 13.6. The molecule has 1 aliphatic heterocycles. The Morgan fingerprint density at radius 1 is 1.03 bits per heavy atom. The molecule has 0 aliphatic carbocycles. The lowest BCUT2D eigenvalue weighted by atomic mass is 10.1. The van der Waals surface area contributed by atoms with Crippen LogP contribution in [0.25, 0.3) is 0 Å². The van der Waals surface area contributed by atoms with Crippen molar-refractivity contribution in [2.75, 3.05) is 33.6 Å². The first-order chi connectivity index (χ1) is 16.9. The van der Waals surface area contributed by atoms with Crippen molar-refractivity contribution in [2.45, 2.75) is 20.0 Å². The van der Waals surface area contributed by atoms with Crippen molar-refractivity contribution in [3.63, 3.8) is 0 Å². The van der Waals surface area contributed by atoms with Crippen molar-refractivity contribution >= 4 is 34.8 Å². The molecule has 1 aliphatic rings. The highest BCUT2D eigenvalue weighted by molar-refractivity contribution is 7.10. The van der Waals surface area contributed by atoms with E-state index in [9.17, 15) is 9.59 Å². The minimum Gasteiger partial charge on any atom is -0.454 e. The van der Waals surface area contributed by atoms with Gasteiger partial charge in [-0.2, -0.15) is 0 Å². The fourth-order valence-electron chi connectivity index (χ4n) is 3.72. The molecule has 0 unspecified atom stereocenters. The first-order valence-electron chi connectivity index (χ1n) is 11.2. The minimum atomic E-state index is -0.248. The zero-order valence-corrected chi connectivity index (χ0v) is 21.2. The van der Waals surface area contributed by atoms with Crippen molar-refractivity contribution < 1.29 is 23.8 Å². The summed E-state index contributed by atoms with van der Waals surface area (Å²) in [7, 11) is 1.57. The van der Waals surface area contributed by atoms with Gasteiger partial charge in [0, 0.05) is 35.7 Å². The molecule has 7 nitrogen and oxygen atoms in total. The monoisotopic (exact) mass is 514 g/mol. The average molecular weight is 515 g/mol. The van der Waals surface area contributed by atoms with Crippen LogP contribution in [0.3, 0.4) is 0 Å². The number of amides is 2. The van der Waals surface area contributed by atoms with E-state index in [4.69, 9.17) is 25.8 Å². The standard InChI is InChI=1S/C26H27ClN2O5S/c1-18-9-12-35-24(18)15-29(14-19-3-8-22-23(13-19)34-17-33-22)25(30)16-28(10-11-32-2)26(31)20-4-6-21(27)7-5-20/h3-9,12-13H,10-11,14-17H2,1-2H3. The van der Waals surface area contributed by atoms with Crippen LogP contribution < -0.4 is 9.47 Å². The van der Waals surface area contributed by atoms with Gasteiger partial charge in [-0.25, -0.2) is 0 Å². The van der Waals surface area contributed by atoms with Crippen molar-refractivity contribution in [1.29, 1.82) is 0 Å². The molecule has 2 heterocycles. The van der Waals surface area contributed by atoms with Crippen molar-refractivity contribution in [2.24, 2.45) is 0 Å². The van der Waals surface area contributed by atoms with E-state index in [2.05, 4.69) is 0 Å². The van der Waals surface area contributed by atoms with Gasteiger partial charge < -0.3 is 24.0 Å². The molecule has 9 heteroatoms. The van der Waals surface area contributed by atoms with Gasteiger partial charge in [-0.3, -0.25) is 9.59 Å². The van der Waals surface area contributed by atoms with E-state index >= 15 is 0 Å². The number of hydrogen-bond acceptors (Lipinski definition) is 6. The molecule has 0 atom stereocenters. The van der Waals surface area contributed by atoms with Crippen LogP contribution in [0.15, 0.2) is 53.9 Å². The number of rotatable bonds is 10. The van der Waals surface area contributed by atoms with E-state index in [-0.39, 0.29) is 25.2 Å². The van der Waals surface area contributed by atoms with Crippen LogP contribution in [0.1, 0.15) is 26.4 Å². The summed E-state index contributed by atoms with van der Waals surface area (Å²) in [5.41, 5.74) is 2.52. The summed E-state index contributed by atoms with van der Waals surface area (Å²) in [4.78, 5) is 31.2. The van der Waals surface area contributed by atoms with Crippen molar-refractivity contribution in [3.8, 4) is 11.5 Å². The number of hydrogen-bond donors (Lipinski definition) is 0. The number of carbonyl (C=O) groups excluding carboxylic acids is 2. The number of thiophene rings is 1. The SMILES string of the molecule is COCCN(CC(=O)N(Cc1ccc2c(c1)OCO2)Cc1sccc1C)C(=O)c1ccc(Cl)cc1. The highest BCUT2D eigenvalue weighted by Crippen LogP contribution is 2.33. The summed E-state index contributed by atoms with van der Waals surface area (Å²) >= 11 is 7.59. The summed E-state index contributed by atoms with van der Waals surface area (Å²) in [5.74, 6) is 0.957. The largest absolute Gasteiger partial charge is 0.454 e. The van der Waals surface area contributed by atoms with Crippen LogP contribution in [0.2, 0.25) is 5.02 Å². The molecule has 0 spiro atoms. The van der Waals surface area contributed by atoms with Gasteiger partial charge in [0.1, 0.15) is 6.54 Å². The van der Waals surface area contributed by atoms with Crippen molar-refractivity contribution in [1.82, 2.24) is 9.80 Å². The average Bonchev–Trinajstić information content (AvgIpc) is 3.49. The molecule has 3 aromatic rings. The Kier molecular flexibility index (Phi) is 8.28. The highest BCUT2D eigenvalue weighted by atomic mass is 35.5. The summed E-state index contributed by atoms with van der Waals surface area (Å²) in [6, 6.07) is 14.4. The molecule has 0 N–H and O–H groups in total. The normalized spacial score (nSPS) is 12.0. The highest BCUT2D eigenvalue weighted by Gasteiger charge is 2.24. The van der Waals surface area contributed by atoms with Crippen LogP contribution in [0, 0.1) is 6.92 Å². The maximum Gasteiger partial charge on any atom is 0.254 e. The number of fused-ring (bicyclic) bond motifs is 1. The van der Waals surface area contributed by atoms with Crippen LogP contribution in [-0.4, -0.2) is 55.2 Å². The number of ether oxygens (including phenoxy) is 3. The number of nitrogens with zero attached hydrogens (tertiary/aromatic N) is 2. The van der Waals surface area contributed by atoms with E-state index < -0.39 is 0 Å². The molecule has 0 saturated carbocycles. The Hall–Kier alpha value is -3.07. The lowest BCUT2D eigenvalue weighted by molar-refractivity contribution is -0.133. The Balaban J connectivity index is 1.55. The Morgan fingerprint density at radius 3 is 2.51 bits per heavy atom.